The molecule has 0 radical (unpaired) electrons. The number of hydrogen-bond acceptors (Lipinski definition) is 0. The molecule has 0 nitrogen and oxygen atoms in total. The maximum Gasteiger partial charge on any atom is -0.0182 e. The van der Waals surface area contributed by atoms with E-state index < -0.39 is 8.46 Å². The summed E-state index contributed by atoms with van der Waals surface area (Å²) in [6.07, 6.45) is 14.5. The maximum atomic E-state index is 3.65. The van der Waals surface area contributed by atoms with E-state index in [2.05, 4.69) is 44.0 Å². The first-order valence-electron chi connectivity index (χ1n) is 3.37. The van der Waals surface area contributed by atoms with Gasteiger partial charge in [-0.25, -0.2) is 0 Å². The first-order valence-corrected chi connectivity index (χ1v) is 7.38. The van der Waals surface area contributed by atoms with Crippen molar-refractivity contribution in [3.8, 4) is 0 Å². The Bertz CT molecular complexity index is 210. The minimum atomic E-state index is -0.817. The predicted octanol–water partition coefficient (Wildman–Crippen LogP) is 3.88. The summed E-state index contributed by atoms with van der Waals surface area (Å²) < 4.78 is 0. The van der Waals surface area contributed by atoms with Crippen molar-refractivity contribution in [3.05, 3.63) is 47.3 Å². The van der Waals surface area contributed by atoms with Crippen LogP contribution in [0.15, 0.2) is 47.3 Å². The number of allylic oxidation sites excluding steroid dienone is 6. The van der Waals surface area contributed by atoms with E-state index in [9.17, 15) is 0 Å². The van der Waals surface area contributed by atoms with E-state index in [4.69, 9.17) is 0 Å². The van der Waals surface area contributed by atoms with Gasteiger partial charge in [-0.05, 0) is 31.9 Å². The summed E-state index contributed by atoms with van der Waals surface area (Å²) >= 11 is 3.65. The molecule has 0 spiro atoms. The molecule has 0 saturated carbocycles. The average Bonchev–Trinajstić information content (AvgIpc) is 2.00. The van der Waals surface area contributed by atoms with Gasteiger partial charge in [0.1, 0.15) is 0 Å². The van der Waals surface area contributed by atoms with Crippen LogP contribution in [-0.4, -0.2) is 6.26 Å². The van der Waals surface area contributed by atoms with Crippen molar-refractivity contribution in [1.82, 2.24) is 0 Å². The fourth-order valence-corrected chi connectivity index (χ4v) is 2.33. The highest BCUT2D eigenvalue weighted by Gasteiger charge is 2.02. The van der Waals surface area contributed by atoms with Gasteiger partial charge in [0.2, 0.25) is 0 Å². The van der Waals surface area contributed by atoms with Crippen molar-refractivity contribution in [2.75, 3.05) is 6.26 Å². The largest absolute Gasteiger partial charge is 0.145 e. The standard InChI is InChI=1S/C9H11BrS/c1-11(10)8-6-4-2-3-5-7-9-11/h2-9H,1H3/b4-2-,5-3-,8-6-,9-7-. The molecule has 0 aliphatic carbocycles. The van der Waals surface area contributed by atoms with Crippen LogP contribution in [0.4, 0.5) is 0 Å². The van der Waals surface area contributed by atoms with E-state index in [1.165, 1.54) is 0 Å². The van der Waals surface area contributed by atoms with Crippen molar-refractivity contribution in [2.24, 2.45) is 0 Å². The lowest BCUT2D eigenvalue weighted by molar-refractivity contribution is 1.91. The zero-order valence-corrected chi connectivity index (χ0v) is 8.81. The molecule has 0 aromatic carbocycles. The summed E-state index contributed by atoms with van der Waals surface area (Å²) in [6.45, 7) is 0. The van der Waals surface area contributed by atoms with Crippen LogP contribution in [0, 0.1) is 0 Å². The van der Waals surface area contributed by atoms with Crippen LogP contribution in [0.1, 0.15) is 0 Å². The second-order valence-electron chi connectivity index (χ2n) is 2.37. The van der Waals surface area contributed by atoms with Crippen LogP contribution in [0.5, 0.6) is 0 Å². The number of halogens is 1. The van der Waals surface area contributed by atoms with Crippen molar-refractivity contribution in [2.45, 2.75) is 0 Å². The zero-order chi connectivity index (χ0) is 8.16. The lowest BCUT2D eigenvalue weighted by Crippen LogP contribution is -1.73. The van der Waals surface area contributed by atoms with Crippen LogP contribution in [0.25, 0.3) is 0 Å². The van der Waals surface area contributed by atoms with E-state index in [0.717, 1.165) is 0 Å². The molecule has 0 bridgehead atoms. The summed E-state index contributed by atoms with van der Waals surface area (Å²) in [5.74, 6) is 0. The molecule has 0 atom stereocenters. The second-order valence-corrected chi connectivity index (χ2v) is 8.98. The predicted molar refractivity (Wildman–Crippen MR) is 59.0 cm³/mol. The lowest BCUT2D eigenvalue weighted by atomic mass is 10.4. The van der Waals surface area contributed by atoms with Crippen LogP contribution < -0.4 is 0 Å². The lowest BCUT2D eigenvalue weighted by Gasteiger charge is -2.17. The second kappa shape index (κ2) is 3.98. The summed E-state index contributed by atoms with van der Waals surface area (Å²) in [4.78, 5) is 0. The Morgan fingerprint density at radius 3 is 1.64 bits per heavy atom. The minimum Gasteiger partial charge on any atom is -0.145 e. The van der Waals surface area contributed by atoms with E-state index in [-0.39, 0.29) is 0 Å². The third-order valence-electron chi connectivity index (χ3n) is 1.24. The molecule has 1 rings (SSSR count). The van der Waals surface area contributed by atoms with Crippen molar-refractivity contribution >= 4 is 23.3 Å². The minimum absolute atomic E-state index is 0.817. The maximum absolute atomic E-state index is 3.65. The van der Waals surface area contributed by atoms with Crippen LogP contribution >= 0.6 is 23.3 Å². The number of hydrogen-bond donors (Lipinski definition) is 0. The van der Waals surface area contributed by atoms with E-state index in [0.29, 0.717) is 0 Å². The fourth-order valence-electron chi connectivity index (χ4n) is 0.700. The quantitative estimate of drug-likeness (QED) is 0.593. The van der Waals surface area contributed by atoms with Gasteiger partial charge in [-0.15, -0.1) is 8.46 Å². The molecule has 11 heavy (non-hydrogen) atoms. The van der Waals surface area contributed by atoms with E-state index >= 15 is 0 Å². The van der Waals surface area contributed by atoms with E-state index in [1.807, 2.05) is 24.3 Å². The Balaban J connectivity index is 2.86. The smallest absolute Gasteiger partial charge is 0.0182 e. The van der Waals surface area contributed by atoms with Crippen LogP contribution in [-0.2, 0) is 0 Å². The van der Waals surface area contributed by atoms with Gasteiger partial charge in [-0.1, -0.05) is 36.5 Å². The molecule has 2 heteroatoms. The molecule has 0 unspecified atom stereocenters. The number of rotatable bonds is 0. The molecular weight excluding hydrogens is 220 g/mol. The zero-order valence-electron chi connectivity index (χ0n) is 6.41. The van der Waals surface area contributed by atoms with Crippen molar-refractivity contribution in [1.29, 1.82) is 0 Å². The third kappa shape index (κ3) is 3.63. The van der Waals surface area contributed by atoms with Gasteiger partial charge < -0.3 is 0 Å². The summed E-state index contributed by atoms with van der Waals surface area (Å²) in [6, 6.07) is 0. The molecular formula is C9H11BrS. The average molecular weight is 231 g/mol. The van der Waals surface area contributed by atoms with E-state index in [1.54, 1.807) is 0 Å². The molecule has 60 valence electrons. The molecule has 0 aromatic heterocycles. The Kier molecular flexibility index (Phi) is 3.21. The highest BCUT2D eigenvalue weighted by atomic mass is 79.9. The first kappa shape index (κ1) is 8.88. The molecule has 1 heterocycles. The monoisotopic (exact) mass is 230 g/mol. The Morgan fingerprint density at radius 2 is 1.18 bits per heavy atom. The fraction of sp³-hybridized carbons (Fsp3) is 0.111. The normalized spacial score (nSPS) is 35.5. The van der Waals surface area contributed by atoms with Gasteiger partial charge in [-0.3, -0.25) is 0 Å². The molecule has 0 saturated heterocycles. The molecule has 1 aliphatic heterocycles. The van der Waals surface area contributed by atoms with Crippen molar-refractivity contribution in [3.63, 3.8) is 0 Å². The van der Waals surface area contributed by atoms with Gasteiger partial charge in [-0.2, -0.15) is 0 Å². The molecule has 0 N–H and O–H groups in total. The Hall–Kier alpha value is -0.210. The Labute approximate surface area is 76.9 Å². The van der Waals surface area contributed by atoms with Gasteiger partial charge in [0.05, 0.1) is 0 Å². The molecule has 0 amide bonds. The topological polar surface area (TPSA) is 0 Å². The highest BCUT2D eigenvalue weighted by molar-refractivity contribution is 9.59. The van der Waals surface area contributed by atoms with Crippen molar-refractivity contribution < 1.29 is 0 Å². The SMILES string of the molecule is CS1(Br)\C=C/C=C\C=C/C=C\1. The molecule has 0 aromatic rings. The molecule has 0 fully saturated rings. The van der Waals surface area contributed by atoms with Gasteiger partial charge in [0, 0.05) is 0 Å². The van der Waals surface area contributed by atoms with Crippen LogP contribution in [0.2, 0.25) is 0 Å². The van der Waals surface area contributed by atoms with Crippen LogP contribution in [0.3, 0.4) is 0 Å². The summed E-state index contributed by atoms with van der Waals surface area (Å²) in [5.41, 5.74) is 0. The Morgan fingerprint density at radius 1 is 0.818 bits per heavy atom. The summed E-state index contributed by atoms with van der Waals surface area (Å²) in [5, 5.41) is 4.38. The highest BCUT2D eigenvalue weighted by Crippen LogP contribution is 2.55. The first-order chi connectivity index (χ1) is 5.21. The van der Waals surface area contributed by atoms with Gasteiger partial charge in [0.25, 0.3) is 0 Å². The van der Waals surface area contributed by atoms with Gasteiger partial charge in [0.15, 0.2) is 0 Å². The summed E-state index contributed by atoms with van der Waals surface area (Å²) in [7, 11) is -0.817. The third-order valence-corrected chi connectivity index (χ3v) is 3.92. The van der Waals surface area contributed by atoms with Gasteiger partial charge >= 0.3 is 0 Å². The molecule has 1 aliphatic rings.